The molecule has 4 rings (SSSR count). The minimum atomic E-state index is -0.567. The van der Waals surface area contributed by atoms with E-state index in [0.717, 1.165) is 34.7 Å². The smallest absolute Gasteiger partial charge is 0.317 e. The molecular formula is C24H23NO3. The van der Waals surface area contributed by atoms with E-state index in [9.17, 15) is 9.59 Å². The van der Waals surface area contributed by atoms with Crippen molar-refractivity contribution in [3.63, 3.8) is 0 Å². The van der Waals surface area contributed by atoms with Crippen molar-refractivity contribution in [2.24, 2.45) is 0 Å². The van der Waals surface area contributed by atoms with E-state index in [1.165, 1.54) is 0 Å². The Morgan fingerprint density at radius 2 is 1.64 bits per heavy atom. The van der Waals surface area contributed by atoms with E-state index in [2.05, 4.69) is 5.32 Å². The van der Waals surface area contributed by atoms with E-state index in [4.69, 9.17) is 4.74 Å². The average molecular weight is 373 g/mol. The number of carbonyl (C=O) groups is 2. The summed E-state index contributed by atoms with van der Waals surface area (Å²) in [4.78, 5) is 24.9. The molecule has 3 aromatic carbocycles. The summed E-state index contributed by atoms with van der Waals surface area (Å²) in [6, 6.07) is 23.6. The topological polar surface area (TPSA) is 55.4 Å². The number of esters is 1. The quantitative estimate of drug-likeness (QED) is 0.656. The monoisotopic (exact) mass is 373 g/mol. The fraction of sp³-hybridized carbons (Fsp3) is 0.250. The zero-order valence-electron chi connectivity index (χ0n) is 15.9. The van der Waals surface area contributed by atoms with E-state index in [1.807, 2.05) is 79.7 Å². The molecule has 0 saturated heterocycles. The van der Waals surface area contributed by atoms with Gasteiger partial charge >= 0.3 is 5.97 Å². The fourth-order valence-electron chi connectivity index (χ4n) is 3.75. The van der Waals surface area contributed by atoms with Crippen molar-refractivity contribution in [3.05, 3.63) is 83.9 Å². The molecule has 0 spiro atoms. The Morgan fingerprint density at radius 1 is 0.964 bits per heavy atom. The molecule has 0 heterocycles. The van der Waals surface area contributed by atoms with Crippen LogP contribution >= 0.6 is 0 Å². The van der Waals surface area contributed by atoms with E-state index >= 15 is 0 Å². The van der Waals surface area contributed by atoms with Gasteiger partial charge in [0, 0.05) is 0 Å². The third kappa shape index (κ3) is 3.50. The summed E-state index contributed by atoms with van der Waals surface area (Å²) >= 11 is 0. The minimum absolute atomic E-state index is 0.179. The summed E-state index contributed by atoms with van der Waals surface area (Å²) in [5.74, 6) is -0.607. The Morgan fingerprint density at radius 3 is 2.39 bits per heavy atom. The molecule has 1 aliphatic carbocycles. The van der Waals surface area contributed by atoms with Crippen LogP contribution in [0.25, 0.3) is 10.8 Å². The molecular weight excluding hydrogens is 350 g/mol. The Balaban J connectivity index is 1.38. The maximum Gasteiger partial charge on any atom is 0.317 e. The molecule has 1 amide bonds. The van der Waals surface area contributed by atoms with Crippen LogP contribution in [0.4, 0.5) is 0 Å². The first kappa shape index (κ1) is 18.2. The van der Waals surface area contributed by atoms with Gasteiger partial charge in [0.15, 0.2) is 6.61 Å². The van der Waals surface area contributed by atoms with Gasteiger partial charge in [-0.3, -0.25) is 9.59 Å². The van der Waals surface area contributed by atoms with Crippen molar-refractivity contribution in [1.29, 1.82) is 0 Å². The predicted molar refractivity (Wildman–Crippen MR) is 109 cm³/mol. The zero-order valence-corrected chi connectivity index (χ0v) is 15.9. The Bertz CT molecular complexity index is 1000. The van der Waals surface area contributed by atoms with Crippen molar-refractivity contribution < 1.29 is 14.3 Å². The molecule has 4 heteroatoms. The largest absolute Gasteiger partial charge is 0.455 e. The molecule has 3 aromatic rings. The van der Waals surface area contributed by atoms with Gasteiger partial charge in [0.25, 0.3) is 5.91 Å². The number of nitrogens with one attached hydrogen (secondary N) is 1. The Kier molecular flexibility index (Phi) is 4.86. The number of rotatable bonds is 6. The molecule has 4 nitrogen and oxygen atoms in total. The highest BCUT2D eigenvalue weighted by Gasteiger charge is 2.52. The highest BCUT2D eigenvalue weighted by Crippen LogP contribution is 2.49. The average Bonchev–Trinajstić information content (AvgIpc) is 3.54. The van der Waals surface area contributed by atoms with E-state index in [1.54, 1.807) is 0 Å². The first-order chi connectivity index (χ1) is 13.6. The second kappa shape index (κ2) is 7.47. The maximum atomic E-state index is 12.6. The van der Waals surface area contributed by atoms with Gasteiger partial charge in [0.2, 0.25) is 0 Å². The van der Waals surface area contributed by atoms with Gasteiger partial charge in [-0.15, -0.1) is 0 Å². The number of hydrogen-bond donors (Lipinski definition) is 1. The standard InChI is InChI=1S/C24H23NO3/c1-17(20-13-7-9-18-8-5-6-12-21(18)20)25-22(26)16-28-23(27)24(14-15-24)19-10-3-2-4-11-19/h2-13,17H,14-16H2,1H3,(H,25,26)/t17-/m1/s1. The van der Waals surface area contributed by atoms with E-state index in [-0.39, 0.29) is 24.5 Å². The molecule has 0 bridgehead atoms. The van der Waals surface area contributed by atoms with Crippen LogP contribution in [0.2, 0.25) is 0 Å². The molecule has 0 unspecified atom stereocenters. The fourth-order valence-corrected chi connectivity index (χ4v) is 3.75. The van der Waals surface area contributed by atoms with Crippen molar-refractivity contribution >= 4 is 22.6 Å². The lowest BCUT2D eigenvalue weighted by Gasteiger charge is -2.18. The Hall–Kier alpha value is -3.14. The van der Waals surface area contributed by atoms with Gasteiger partial charge in [0.05, 0.1) is 11.5 Å². The summed E-state index contributed by atoms with van der Waals surface area (Å²) in [5.41, 5.74) is 1.44. The van der Waals surface area contributed by atoms with Gasteiger partial charge in [-0.1, -0.05) is 72.8 Å². The van der Waals surface area contributed by atoms with E-state index in [0.29, 0.717) is 0 Å². The molecule has 1 N–H and O–H groups in total. The molecule has 0 radical (unpaired) electrons. The normalized spacial score (nSPS) is 15.6. The van der Waals surface area contributed by atoms with Crippen LogP contribution in [0.1, 0.15) is 36.9 Å². The summed E-state index contributed by atoms with van der Waals surface area (Å²) in [7, 11) is 0. The minimum Gasteiger partial charge on any atom is -0.455 e. The summed E-state index contributed by atoms with van der Waals surface area (Å²) < 4.78 is 5.36. The lowest BCUT2D eigenvalue weighted by molar-refractivity contribution is -0.151. The first-order valence-electron chi connectivity index (χ1n) is 9.60. The molecule has 1 fully saturated rings. The molecule has 0 aliphatic heterocycles. The third-order valence-electron chi connectivity index (χ3n) is 5.47. The van der Waals surface area contributed by atoms with Gasteiger partial charge < -0.3 is 10.1 Å². The lowest BCUT2D eigenvalue weighted by Crippen LogP contribution is -2.33. The van der Waals surface area contributed by atoms with Gasteiger partial charge in [-0.25, -0.2) is 0 Å². The second-order valence-electron chi connectivity index (χ2n) is 7.38. The maximum absolute atomic E-state index is 12.6. The second-order valence-corrected chi connectivity index (χ2v) is 7.38. The molecule has 1 atom stereocenters. The molecule has 1 aliphatic rings. The van der Waals surface area contributed by atoms with Gasteiger partial charge in [-0.05, 0) is 41.7 Å². The van der Waals surface area contributed by atoms with Gasteiger partial charge in [0.1, 0.15) is 0 Å². The van der Waals surface area contributed by atoms with Crippen molar-refractivity contribution in [2.45, 2.75) is 31.2 Å². The predicted octanol–water partition coefficient (Wildman–Crippen LogP) is 4.29. The summed E-state index contributed by atoms with van der Waals surface area (Å²) in [6.07, 6.45) is 1.54. The molecule has 0 aromatic heterocycles. The molecule has 142 valence electrons. The van der Waals surface area contributed by atoms with Crippen molar-refractivity contribution in [3.8, 4) is 0 Å². The number of ether oxygens (including phenoxy) is 1. The van der Waals surface area contributed by atoms with Crippen molar-refractivity contribution in [2.75, 3.05) is 6.61 Å². The number of carbonyl (C=O) groups excluding carboxylic acids is 2. The van der Waals surface area contributed by atoms with Crippen LogP contribution in [0, 0.1) is 0 Å². The van der Waals surface area contributed by atoms with E-state index < -0.39 is 5.41 Å². The van der Waals surface area contributed by atoms with Crippen LogP contribution < -0.4 is 5.32 Å². The number of benzene rings is 3. The van der Waals surface area contributed by atoms with Crippen LogP contribution in [0.5, 0.6) is 0 Å². The number of hydrogen-bond acceptors (Lipinski definition) is 3. The first-order valence-corrected chi connectivity index (χ1v) is 9.60. The summed E-state index contributed by atoms with van der Waals surface area (Å²) in [5, 5.41) is 5.18. The zero-order chi connectivity index (χ0) is 19.6. The number of amides is 1. The number of fused-ring (bicyclic) bond motifs is 1. The highest BCUT2D eigenvalue weighted by atomic mass is 16.5. The van der Waals surface area contributed by atoms with Crippen LogP contribution in [0.3, 0.4) is 0 Å². The lowest BCUT2D eigenvalue weighted by atomic mass is 9.96. The van der Waals surface area contributed by atoms with Crippen LogP contribution in [0.15, 0.2) is 72.8 Å². The Labute approximate surface area is 164 Å². The molecule has 1 saturated carbocycles. The SMILES string of the molecule is C[C@@H](NC(=O)COC(=O)C1(c2ccccc2)CC1)c1cccc2ccccc12. The molecule has 28 heavy (non-hydrogen) atoms. The van der Waals surface area contributed by atoms with Crippen molar-refractivity contribution in [1.82, 2.24) is 5.32 Å². The van der Waals surface area contributed by atoms with Crippen LogP contribution in [-0.4, -0.2) is 18.5 Å². The highest BCUT2D eigenvalue weighted by molar-refractivity contribution is 5.90. The van der Waals surface area contributed by atoms with Crippen LogP contribution in [-0.2, 0) is 19.7 Å². The third-order valence-corrected chi connectivity index (χ3v) is 5.47. The summed E-state index contributed by atoms with van der Waals surface area (Å²) in [6.45, 7) is 1.68. The van der Waals surface area contributed by atoms with Gasteiger partial charge in [-0.2, -0.15) is 0 Å².